The van der Waals surface area contributed by atoms with E-state index in [0.29, 0.717) is 24.0 Å². The monoisotopic (exact) mass is 459 g/mol. The maximum Gasteiger partial charge on any atom is 0.277 e. The van der Waals surface area contributed by atoms with Crippen molar-refractivity contribution in [3.05, 3.63) is 101 Å². The van der Waals surface area contributed by atoms with Gasteiger partial charge in [0.05, 0.1) is 18.3 Å². The molecule has 2 N–H and O–H groups in total. The van der Waals surface area contributed by atoms with E-state index in [1.165, 1.54) is 29.9 Å². The Morgan fingerprint density at radius 1 is 0.970 bits per heavy atom. The number of nitrogens with zero attached hydrogens (tertiary/aromatic N) is 3. The lowest BCUT2D eigenvalue weighted by molar-refractivity contribution is -0.120. The Kier molecular flexibility index (Phi) is 7.34. The highest BCUT2D eigenvalue weighted by Crippen LogP contribution is 2.17. The molecule has 2 amide bonds. The van der Waals surface area contributed by atoms with Gasteiger partial charge in [-0.15, -0.1) is 11.3 Å². The number of carbonyl (C=O) groups excluding carboxylic acids is 2. The molecule has 2 heterocycles. The first-order valence-electron chi connectivity index (χ1n) is 10.2. The van der Waals surface area contributed by atoms with Gasteiger partial charge in [-0.2, -0.15) is 0 Å². The Bertz CT molecular complexity index is 1200. The number of hydrogen-bond acceptors (Lipinski definition) is 7. The number of amides is 2. The molecule has 0 aliphatic rings. The topological polar surface area (TPSA) is 106 Å². The lowest BCUT2D eigenvalue weighted by Gasteiger charge is -2.08. The van der Waals surface area contributed by atoms with E-state index in [1.807, 2.05) is 54.6 Å². The second-order valence-corrected chi connectivity index (χ2v) is 7.92. The Balaban J connectivity index is 1.21. The summed E-state index contributed by atoms with van der Waals surface area (Å²) in [6, 6.07) is 17.6. The Labute approximate surface area is 194 Å². The highest BCUT2D eigenvalue weighted by Gasteiger charge is 2.12. The van der Waals surface area contributed by atoms with Crippen molar-refractivity contribution in [1.82, 2.24) is 20.3 Å². The molecule has 4 aromatic rings. The van der Waals surface area contributed by atoms with Crippen molar-refractivity contribution in [2.75, 3.05) is 5.32 Å². The summed E-state index contributed by atoms with van der Waals surface area (Å²) in [4.78, 5) is 36.5. The normalized spacial score (nSPS) is 10.4. The lowest BCUT2D eigenvalue weighted by Crippen LogP contribution is -2.24. The van der Waals surface area contributed by atoms with E-state index in [0.717, 1.165) is 16.9 Å². The smallest absolute Gasteiger partial charge is 0.277 e. The standard InChI is InChI=1S/C24H21N5O3S/c30-22(12-19-16-33-24(28-19)29-23(31)21-14-25-10-11-26-21)27-13-17-6-8-20(9-7-17)32-15-18-4-2-1-3-5-18/h1-11,14,16H,12-13,15H2,(H,27,30)(H,28,29,31). The average molecular weight is 460 g/mol. The van der Waals surface area contributed by atoms with E-state index in [2.05, 4.69) is 25.6 Å². The van der Waals surface area contributed by atoms with Gasteiger partial charge in [0.15, 0.2) is 5.13 Å². The molecule has 0 spiro atoms. The molecule has 0 saturated heterocycles. The van der Waals surface area contributed by atoms with Crippen molar-refractivity contribution in [1.29, 1.82) is 0 Å². The summed E-state index contributed by atoms with van der Waals surface area (Å²) < 4.78 is 5.78. The second-order valence-electron chi connectivity index (χ2n) is 7.06. The third-order valence-electron chi connectivity index (χ3n) is 4.57. The molecule has 4 rings (SSSR count). The van der Waals surface area contributed by atoms with Crippen molar-refractivity contribution >= 4 is 28.3 Å². The molecular formula is C24H21N5O3S. The number of benzene rings is 2. The number of ether oxygens (including phenoxy) is 1. The molecule has 0 fully saturated rings. The van der Waals surface area contributed by atoms with Crippen molar-refractivity contribution in [3.8, 4) is 5.75 Å². The van der Waals surface area contributed by atoms with E-state index in [-0.39, 0.29) is 18.0 Å². The van der Waals surface area contributed by atoms with Crippen LogP contribution in [0, 0.1) is 0 Å². The minimum atomic E-state index is -0.398. The van der Waals surface area contributed by atoms with Crippen LogP contribution in [0.1, 0.15) is 27.3 Å². The molecule has 0 aliphatic carbocycles. The Morgan fingerprint density at radius 2 is 1.79 bits per heavy atom. The first-order valence-corrected chi connectivity index (χ1v) is 11.1. The number of rotatable bonds is 9. The van der Waals surface area contributed by atoms with Gasteiger partial charge >= 0.3 is 0 Å². The predicted molar refractivity (Wildman–Crippen MR) is 125 cm³/mol. The van der Waals surface area contributed by atoms with Crippen LogP contribution < -0.4 is 15.4 Å². The second kappa shape index (κ2) is 11.0. The maximum atomic E-state index is 12.3. The first kappa shape index (κ1) is 22.1. The summed E-state index contributed by atoms with van der Waals surface area (Å²) >= 11 is 1.25. The number of anilines is 1. The first-order chi connectivity index (χ1) is 16.2. The molecule has 0 bridgehead atoms. The fourth-order valence-electron chi connectivity index (χ4n) is 2.90. The zero-order chi connectivity index (χ0) is 22.9. The maximum absolute atomic E-state index is 12.3. The summed E-state index contributed by atoms with van der Waals surface area (Å²) in [6.07, 6.45) is 4.43. The fourth-order valence-corrected chi connectivity index (χ4v) is 3.60. The van der Waals surface area contributed by atoms with Crippen LogP contribution in [0.4, 0.5) is 5.13 Å². The van der Waals surface area contributed by atoms with E-state index in [4.69, 9.17) is 4.74 Å². The molecule has 0 atom stereocenters. The zero-order valence-corrected chi connectivity index (χ0v) is 18.4. The van der Waals surface area contributed by atoms with Gasteiger partial charge < -0.3 is 10.1 Å². The summed E-state index contributed by atoms with van der Waals surface area (Å²) in [6.45, 7) is 0.907. The lowest BCUT2D eigenvalue weighted by atomic mass is 10.2. The quantitative estimate of drug-likeness (QED) is 0.396. The van der Waals surface area contributed by atoms with Gasteiger partial charge in [0.2, 0.25) is 5.91 Å². The molecule has 166 valence electrons. The van der Waals surface area contributed by atoms with Crippen LogP contribution in [0.15, 0.2) is 78.6 Å². The molecule has 33 heavy (non-hydrogen) atoms. The third-order valence-corrected chi connectivity index (χ3v) is 5.38. The molecule has 0 aliphatic heterocycles. The number of hydrogen-bond donors (Lipinski definition) is 2. The van der Waals surface area contributed by atoms with E-state index in [1.54, 1.807) is 5.38 Å². The molecule has 2 aromatic carbocycles. The fraction of sp³-hybridized carbons (Fsp3) is 0.125. The Hall–Kier alpha value is -4.11. The van der Waals surface area contributed by atoms with Gasteiger partial charge in [-0.05, 0) is 23.3 Å². The average Bonchev–Trinajstić information content (AvgIpc) is 3.29. The summed E-state index contributed by atoms with van der Waals surface area (Å²) in [5, 5.41) is 7.68. The molecule has 0 radical (unpaired) electrons. The summed E-state index contributed by atoms with van der Waals surface area (Å²) in [5.74, 6) is 0.216. The highest BCUT2D eigenvalue weighted by atomic mass is 32.1. The van der Waals surface area contributed by atoms with Gasteiger partial charge in [-0.3, -0.25) is 19.9 Å². The van der Waals surface area contributed by atoms with E-state index >= 15 is 0 Å². The zero-order valence-electron chi connectivity index (χ0n) is 17.6. The Morgan fingerprint density at radius 3 is 2.55 bits per heavy atom. The van der Waals surface area contributed by atoms with Crippen LogP contribution in [0.5, 0.6) is 5.75 Å². The largest absolute Gasteiger partial charge is 0.489 e. The minimum Gasteiger partial charge on any atom is -0.489 e. The van der Waals surface area contributed by atoms with Crippen molar-refractivity contribution in [2.45, 2.75) is 19.6 Å². The van der Waals surface area contributed by atoms with Gasteiger partial charge in [-0.1, -0.05) is 42.5 Å². The highest BCUT2D eigenvalue weighted by molar-refractivity contribution is 7.14. The van der Waals surface area contributed by atoms with Crippen molar-refractivity contribution < 1.29 is 14.3 Å². The van der Waals surface area contributed by atoms with Crippen LogP contribution in [0.3, 0.4) is 0 Å². The molecule has 0 unspecified atom stereocenters. The van der Waals surface area contributed by atoms with Crippen LogP contribution in [0.25, 0.3) is 0 Å². The molecular weight excluding hydrogens is 438 g/mol. The number of carbonyl (C=O) groups is 2. The van der Waals surface area contributed by atoms with Crippen LogP contribution in [-0.4, -0.2) is 26.8 Å². The number of aromatic nitrogens is 3. The molecule has 2 aromatic heterocycles. The molecule has 8 nitrogen and oxygen atoms in total. The van der Waals surface area contributed by atoms with Gasteiger partial charge in [0.25, 0.3) is 5.91 Å². The van der Waals surface area contributed by atoms with Gasteiger partial charge in [-0.25, -0.2) is 9.97 Å². The van der Waals surface area contributed by atoms with Crippen LogP contribution in [0.2, 0.25) is 0 Å². The summed E-state index contributed by atoms with van der Waals surface area (Å²) in [5.41, 5.74) is 2.85. The molecule has 9 heteroatoms. The number of nitrogens with one attached hydrogen (secondary N) is 2. The summed E-state index contributed by atoms with van der Waals surface area (Å²) in [7, 11) is 0. The van der Waals surface area contributed by atoms with Gasteiger partial charge in [0, 0.05) is 24.3 Å². The van der Waals surface area contributed by atoms with Crippen molar-refractivity contribution in [3.63, 3.8) is 0 Å². The molecule has 0 saturated carbocycles. The van der Waals surface area contributed by atoms with Crippen molar-refractivity contribution in [2.24, 2.45) is 0 Å². The number of thiazole rings is 1. The van der Waals surface area contributed by atoms with Crippen LogP contribution in [-0.2, 0) is 24.4 Å². The van der Waals surface area contributed by atoms with Crippen LogP contribution >= 0.6 is 11.3 Å². The SMILES string of the molecule is O=C(Cc1csc(NC(=O)c2cnccn2)n1)NCc1ccc(OCc2ccccc2)cc1. The predicted octanol–water partition coefficient (Wildman–Crippen LogP) is 3.62. The van der Waals surface area contributed by atoms with E-state index < -0.39 is 5.91 Å². The third kappa shape index (κ3) is 6.68. The van der Waals surface area contributed by atoms with E-state index in [9.17, 15) is 9.59 Å². The van der Waals surface area contributed by atoms with Gasteiger partial charge in [0.1, 0.15) is 18.1 Å². The minimum absolute atomic E-state index is 0.121.